The highest BCUT2D eigenvalue weighted by molar-refractivity contribution is 5.92. The normalized spacial score (nSPS) is 9.83. The number of amides is 1. The Hall–Kier alpha value is -1.97. The molecule has 0 aliphatic heterocycles. The van der Waals surface area contributed by atoms with Crippen LogP contribution in [0.2, 0.25) is 0 Å². The van der Waals surface area contributed by atoms with Gasteiger partial charge in [-0.25, -0.2) is 4.39 Å². The second kappa shape index (κ2) is 7.37. The van der Waals surface area contributed by atoms with Gasteiger partial charge in [0.1, 0.15) is 18.5 Å². The molecule has 18 heavy (non-hydrogen) atoms. The maximum atomic E-state index is 12.9. The van der Waals surface area contributed by atoms with E-state index in [2.05, 4.69) is 5.32 Å². The summed E-state index contributed by atoms with van der Waals surface area (Å²) in [5, 5.41) is 11.3. The predicted octanol–water partition coefficient (Wildman–Crippen LogP) is 1.30. The van der Waals surface area contributed by atoms with Gasteiger partial charge >= 0.3 is 0 Å². The molecule has 0 heterocycles. The minimum absolute atomic E-state index is 0.0697. The number of nitriles is 1. The van der Waals surface area contributed by atoms with Crippen LogP contribution in [0.4, 0.5) is 10.1 Å². The van der Waals surface area contributed by atoms with Gasteiger partial charge < -0.3 is 14.8 Å². The molecule has 6 heteroatoms. The summed E-state index contributed by atoms with van der Waals surface area (Å²) in [4.78, 5) is 11.4. The molecule has 0 bridgehead atoms. The molecule has 0 saturated heterocycles. The third-order valence-electron chi connectivity index (χ3n) is 2.04. The summed E-state index contributed by atoms with van der Waals surface area (Å²) >= 11 is 0. The average Bonchev–Trinajstić information content (AvgIpc) is 2.37. The Bertz CT molecular complexity index is 457. The summed E-state index contributed by atoms with van der Waals surface area (Å²) in [6.07, 6.45) is 0. The van der Waals surface area contributed by atoms with Crippen LogP contribution in [0.5, 0.6) is 0 Å². The molecule has 0 atom stereocenters. The lowest BCUT2D eigenvalue weighted by atomic mass is 10.2. The molecule has 1 aromatic rings. The van der Waals surface area contributed by atoms with E-state index in [0.717, 1.165) is 6.07 Å². The molecule has 0 unspecified atom stereocenters. The zero-order chi connectivity index (χ0) is 13.4. The first-order chi connectivity index (χ1) is 8.67. The third-order valence-corrected chi connectivity index (χ3v) is 2.04. The van der Waals surface area contributed by atoms with E-state index in [0.29, 0.717) is 13.2 Å². The first-order valence-corrected chi connectivity index (χ1v) is 5.23. The summed E-state index contributed by atoms with van der Waals surface area (Å²) in [5.74, 6) is -0.935. The quantitative estimate of drug-likeness (QED) is 0.774. The Kier molecular flexibility index (Phi) is 5.77. The highest BCUT2D eigenvalue weighted by Gasteiger charge is 2.07. The molecule has 0 spiro atoms. The van der Waals surface area contributed by atoms with E-state index in [-0.39, 0.29) is 17.9 Å². The number of hydrogen-bond donors (Lipinski definition) is 1. The number of methoxy groups -OCH3 is 1. The van der Waals surface area contributed by atoms with Crippen molar-refractivity contribution in [3.8, 4) is 6.07 Å². The Balaban J connectivity index is 2.52. The van der Waals surface area contributed by atoms with E-state index >= 15 is 0 Å². The van der Waals surface area contributed by atoms with Crippen LogP contribution in [-0.4, -0.2) is 32.8 Å². The number of nitrogens with zero attached hydrogens (tertiary/aromatic N) is 1. The molecular formula is C12H13FN2O3. The average molecular weight is 252 g/mol. The van der Waals surface area contributed by atoms with Crippen molar-refractivity contribution >= 4 is 11.6 Å². The molecule has 1 rings (SSSR count). The molecule has 96 valence electrons. The SMILES string of the molecule is COCCOCC(=O)Nc1ccc(F)cc1C#N. The maximum absolute atomic E-state index is 12.9. The van der Waals surface area contributed by atoms with Gasteiger partial charge in [-0.15, -0.1) is 0 Å². The molecule has 0 radical (unpaired) electrons. The minimum atomic E-state index is -0.527. The summed E-state index contributed by atoms with van der Waals surface area (Å²) in [6.45, 7) is 0.553. The fourth-order valence-corrected chi connectivity index (χ4v) is 1.21. The molecule has 0 saturated carbocycles. The number of hydrogen-bond acceptors (Lipinski definition) is 4. The smallest absolute Gasteiger partial charge is 0.250 e. The van der Waals surface area contributed by atoms with Gasteiger partial charge in [0.05, 0.1) is 24.5 Å². The number of anilines is 1. The Morgan fingerprint density at radius 2 is 2.28 bits per heavy atom. The lowest BCUT2D eigenvalue weighted by Crippen LogP contribution is -2.20. The van der Waals surface area contributed by atoms with Gasteiger partial charge in [-0.1, -0.05) is 0 Å². The molecule has 0 aliphatic carbocycles. The van der Waals surface area contributed by atoms with E-state index in [1.165, 1.54) is 19.2 Å². The number of carbonyl (C=O) groups is 1. The van der Waals surface area contributed by atoms with Crippen molar-refractivity contribution in [2.75, 3.05) is 32.2 Å². The standard InChI is InChI=1S/C12H13FN2O3/c1-17-4-5-18-8-12(16)15-11-3-2-10(13)6-9(11)7-14/h2-3,6H,4-5,8H2,1H3,(H,15,16). The Morgan fingerprint density at radius 1 is 1.50 bits per heavy atom. The number of halogens is 1. The van der Waals surface area contributed by atoms with Gasteiger partial charge in [0, 0.05) is 7.11 Å². The predicted molar refractivity (Wildman–Crippen MR) is 62.4 cm³/mol. The summed E-state index contributed by atoms with van der Waals surface area (Å²) in [7, 11) is 1.53. The van der Waals surface area contributed by atoms with Crippen LogP contribution >= 0.6 is 0 Å². The van der Waals surface area contributed by atoms with Gasteiger partial charge in [0.2, 0.25) is 5.91 Å². The molecular weight excluding hydrogens is 239 g/mol. The third kappa shape index (κ3) is 4.49. The zero-order valence-corrected chi connectivity index (χ0v) is 9.90. The van der Waals surface area contributed by atoms with Crippen LogP contribution in [0.3, 0.4) is 0 Å². The largest absolute Gasteiger partial charge is 0.382 e. The summed E-state index contributed by atoms with van der Waals surface area (Å²) in [5.41, 5.74) is 0.333. The lowest BCUT2D eigenvalue weighted by molar-refractivity contribution is -0.121. The Morgan fingerprint density at radius 3 is 2.94 bits per heavy atom. The monoisotopic (exact) mass is 252 g/mol. The fraction of sp³-hybridized carbons (Fsp3) is 0.333. The first-order valence-electron chi connectivity index (χ1n) is 5.23. The topological polar surface area (TPSA) is 71.3 Å². The molecule has 0 aliphatic rings. The molecule has 5 nitrogen and oxygen atoms in total. The molecule has 1 amide bonds. The first kappa shape index (κ1) is 14.1. The van der Waals surface area contributed by atoms with E-state index in [1.54, 1.807) is 6.07 Å². The molecule has 1 aromatic carbocycles. The van der Waals surface area contributed by atoms with Crippen molar-refractivity contribution < 1.29 is 18.7 Å². The van der Waals surface area contributed by atoms with E-state index < -0.39 is 11.7 Å². The van der Waals surface area contributed by atoms with Gasteiger partial charge in [-0.2, -0.15) is 5.26 Å². The van der Waals surface area contributed by atoms with Crippen molar-refractivity contribution in [1.29, 1.82) is 5.26 Å². The van der Waals surface area contributed by atoms with Crippen LogP contribution < -0.4 is 5.32 Å². The van der Waals surface area contributed by atoms with Gasteiger partial charge in [-0.3, -0.25) is 4.79 Å². The van der Waals surface area contributed by atoms with Gasteiger partial charge in [0.25, 0.3) is 0 Å². The van der Waals surface area contributed by atoms with E-state index in [9.17, 15) is 9.18 Å². The maximum Gasteiger partial charge on any atom is 0.250 e. The van der Waals surface area contributed by atoms with Crippen LogP contribution in [0.15, 0.2) is 18.2 Å². The summed E-state index contributed by atoms with van der Waals surface area (Å²) < 4.78 is 22.6. The number of ether oxygens (including phenoxy) is 2. The van der Waals surface area contributed by atoms with E-state index in [4.69, 9.17) is 14.7 Å². The van der Waals surface area contributed by atoms with Crippen molar-refractivity contribution in [1.82, 2.24) is 0 Å². The highest BCUT2D eigenvalue weighted by Crippen LogP contribution is 2.15. The number of benzene rings is 1. The lowest BCUT2D eigenvalue weighted by Gasteiger charge is -2.07. The molecule has 0 aromatic heterocycles. The van der Waals surface area contributed by atoms with Gasteiger partial charge in [0.15, 0.2) is 0 Å². The fourth-order valence-electron chi connectivity index (χ4n) is 1.21. The van der Waals surface area contributed by atoms with Crippen molar-refractivity contribution in [3.63, 3.8) is 0 Å². The van der Waals surface area contributed by atoms with Gasteiger partial charge in [-0.05, 0) is 18.2 Å². The van der Waals surface area contributed by atoms with E-state index in [1.807, 2.05) is 0 Å². The number of nitrogens with one attached hydrogen (secondary N) is 1. The van der Waals surface area contributed by atoms with Crippen molar-refractivity contribution in [2.24, 2.45) is 0 Å². The molecule has 0 fully saturated rings. The van der Waals surface area contributed by atoms with Crippen LogP contribution in [0.25, 0.3) is 0 Å². The zero-order valence-electron chi connectivity index (χ0n) is 9.90. The van der Waals surface area contributed by atoms with Crippen LogP contribution in [0.1, 0.15) is 5.56 Å². The van der Waals surface area contributed by atoms with Crippen LogP contribution in [-0.2, 0) is 14.3 Å². The van der Waals surface area contributed by atoms with Crippen molar-refractivity contribution in [3.05, 3.63) is 29.6 Å². The number of carbonyl (C=O) groups excluding carboxylic acids is 1. The van der Waals surface area contributed by atoms with Crippen molar-refractivity contribution in [2.45, 2.75) is 0 Å². The summed E-state index contributed by atoms with van der Waals surface area (Å²) in [6, 6.07) is 5.36. The Labute approximate surface area is 104 Å². The highest BCUT2D eigenvalue weighted by atomic mass is 19.1. The minimum Gasteiger partial charge on any atom is -0.382 e. The second-order valence-electron chi connectivity index (χ2n) is 3.40. The van der Waals surface area contributed by atoms with Crippen LogP contribution in [0, 0.1) is 17.1 Å². The molecule has 1 N–H and O–H groups in total. The number of rotatable bonds is 6. The second-order valence-corrected chi connectivity index (χ2v) is 3.40.